The number of thioether (sulfide) groups is 1. The fraction of sp³-hybridized carbons (Fsp3) is 0.333. The van der Waals surface area contributed by atoms with Crippen molar-refractivity contribution in [1.82, 2.24) is 0 Å². The molecule has 0 amide bonds. The van der Waals surface area contributed by atoms with E-state index in [0.717, 1.165) is 6.42 Å². The predicted octanol–water partition coefficient (Wildman–Crippen LogP) is 4.38. The summed E-state index contributed by atoms with van der Waals surface area (Å²) >= 11 is 5.42. The molecule has 0 radical (unpaired) electrons. The summed E-state index contributed by atoms with van der Waals surface area (Å²) in [5.74, 6) is 0. The Morgan fingerprint density at radius 3 is 2.81 bits per heavy atom. The van der Waals surface area contributed by atoms with Crippen LogP contribution in [0.2, 0.25) is 0 Å². The van der Waals surface area contributed by atoms with Gasteiger partial charge in [-0.3, -0.25) is 0 Å². The molecule has 2 N–H and O–H groups in total. The minimum Gasteiger partial charge on any atom is -0.326 e. The molecule has 1 nitrogen and oxygen atoms in total. The molecule has 0 spiro atoms. The van der Waals surface area contributed by atoms with Gasteiger partial charge in [-0.2, -0.15) is 11.3 Å². The molecule has 0 aliphatic heterocycles. The average Bonchev–Trinajstić information content (AvgIpc) is 2.97. The SMILES string of the molecule is CCC(N)C(Sc1cccs1)c1ccsc1. The van der Waals surface area contributed by atoms with E-state index in [9.17, 15) is 0 Å². The van der Waals surface area contributed by atoms with E-state index in [-0.39, 0.29) is 6.04 Å². The quantitative estimate of drug-likeness (QED) is 0.815. The molecule has 0 saturated carbocycles. The minimum atomic E-state index is 0.224. The Labute approximate surface area is 109 Å². The molecular weight excluding hydrogens is 254 g/mol. The van der Waals surface area contributed by atoms with Gasteiger partial charge in [0.1, 0.15) is 0 Å². The Morgan fingerprint density at radius 2 is 2.25 bits per heavy atom. The summed E-state index contributed by atoms with van der Waals surface area (Å²) in [7, 11) is 0. The Balaban J connectivity index is 2.15. The molecule has 0 bridgehead atoms. The van der Waals surface area contributed by atoms with Crippen molar-refractivity contribution in [3.63, 3.8) is 0 Å². The molecule has 0 aromatic carbocycles. The van der Waals surface area contributed by atoms with Gasteiger partial charge in [-0.25, -0.2) is 0 Å². The van der Waals surface area contributed by atoms with Crippen molar-refractivity contribution < 1.29 is 0 Å². The van der Waals surface area contributed by atoms with Crippen molar-refractivity contribution in [1.29, 1.82) is 0 Å². The number of thiophene rings is 2. The molecule has 2 aromatic rings. The molecule has 2 rings (SSSR count). The van der Waals surface area contributed by atoms with Crippen LogP contribution in [0.25, 0.3) is 0 Å². The van der Waals surface area contributed by atoms with Crippen LogP contribution in [0.1, 0.15) is 24.2 Å². The lowest BCUT2D eigenvalue weighted by Gasteiger charge is -2.20. The highest BCUT2D eigenvalue weighted by molar-refractivity contribution is 8.01. The maximum atomic E-state index is 6.21. The standard InChI is InChI=1S/C12H15NS3/c1-2-10(13)12(9-5-7-14-8-9)16-11-4-3-6-15-11/h3-8,10,12H,2,13H2,1H3. The summed E-state index contributed by atoms with van der Waals surface area (Å²) in [6.45, 7) is 2.15. The third-order valence-electron chi connectivity index (χ3n) is 2.47. The fourth-order valence-electron chi connectivity index (χ4n) is 1.51. The highest BCUT2D eigenvalue weighted by Gasteiger charge is 2.20. The molecule has 2 aromatic heterocycles. The van der Waals surface area contributed by atoms with Gasteiger partial charge in [0.05, 0.1) is 9.46 Å². The Bertz CT molecular complexity index is 394. The van der Waals surface area contributed by atoms with Crippen molar-refractivity contribution in [3.8, 4) is 0 Å². The number of nitrogens with two attached hydrogens (primary N) is 1. The van der Waals surface area contributed by atoms with E-state index >= 15 is 0 Å². The van der Waals surface area contributed by atoms with Gasteiger partial charge in [0, 0.05) is 6.04 Å². The molecule has 0 aliphatic rings. The van der Waals surface area contributed by atoms with Crippen LogP contribution in [0.15, 0.2) is 38.5 Å². The van der Waals surface area contributed by atoms with E-state index in [2.05, 4.69) is 41.3 Å². The summed E-state index contributed by atoms with van der Waals surface area (Å²) in [4.78, 5) is 0. The van der Waals surface area contributed by atoms with Crippen molar-refractivity contribution >= 4 is 34.4 Å². The largest absolute Gasteiger partial charge is 0.326 e. The summed E-state index contributed by atoms with van der Waals surface area (Å²) in [5, 5.41) is 6.83. The zero-order valence-corrected chi connectivity index (χ0v) is 11.6. The zero-order valence-electron chi connectivity index (χ0n) is 9.13. The summed E-state index contributed by atoms with van der Waals surface area (Å²) < 4.78 is 1.35. The summed E-state index contributed by atoms with van der Waals surface area (Å²) in [5.41, 5.74) is 7.57. The molecule has 86 valence electrons. The van der Waals surface area contributed by atoms with Gasteiger partial charge in [-0.1, -0.05) is 13.0 Å². The highest BCUT2D eigenvalue weighted by atomic mass is 32.2. The Morgan fingerprint density at radius 1 is 1.38 bits per heavy atom. The molecule has 0 saturated heterocycles. The lowest BCUT2D eigenvalue weighted by Crippen LogP contribution is -2.25. The third-order valence-corrected chi connectivity index (χ3v) is 5.65. The Hall–Kier alpha value is -0.290. The van der Waals surface area contributed by atoms with E-state index in [1.54, 1.807) is 22.7 Å². The van der Waals surface area contributed by atoms with Crippen molar-refractivity contribution in [2.75, 3.05) is 0 Å². The molecule has 2 heterocycles. The van der Waals surface area contributed by atoms with Gasteiger partial charge in [-0.05, 0) is 40.3 Å². The van der Waals surface area contributed by atoms with Gasteiger partial charge in [-0.15, -0.1) is 23.1 Å². The average molecular weight is 269 g/mol. The third kappa shape index (κ3) is 2.88. The topological polar surface area (TPSA) is 26.0 Å². The van der Waals surface area contributed by atoms with Crippen molar-refractivity contribution in [3.05, 3.63) is 39.9 Å². The van der Waals surface area contributed by atoms with Gasteiger partial charge in [0.2, 0.25) is 0 Å². The van der Waals surface area contributed by atoms with Gasteiger partial charge in [0.15, 0.2) is 0 Å². The van der Waals surface area contributed by atoms with Gasteiger partial charge in [0.25, 0.3) is 0 Å². The highest BCUT2D eigenvalue weighted by Crippen LogP contribution is 2.40. The second-order valence-corrected chi connectivity index (χ2v) is 6.77. The van der Waals surface area contributed by atoms with Crippen LogP contribution in [-0.4, -0.2) is 6.04 Å². The molecule has 2 unspecified atom stereocenters. The van der Waals surface area contributed by atoms with E-state index in [0.29, 0.717) is 5.25 Å². The van der Waals surface area contributed by atoms with Crippen molar-refractivity contribution in [2.45, 2.75) is 28.8 Å². The van der Waals surface area contributed by atoms with Crippen molar-refractivity contribution in [2.24, 2.45) is 5.73 Å². The first-order valence-electron chi connectivity index (χ1n) is 5.29. The molecular formula is C12H15NS3. The minimum absolute atomic E-state index is 0.224. The lowest BCUT2D eigenvalue weighted by molar-refractivity contribution is 0.635. The fourth-order valence-corrected chi connectivity index (χ4v) is 4.50. The second kappa shape index (κ2) is 5.87. The van der Waals surface area contributed by atoms with E-state index in [4.69, 9.17) is 5.73 Å². The number of hydrogen-bond acceptors (Lipinski definition) is 4. The molecule has 4 heteroatoms. The van der Waals surface area contributed by atoms with Crippen LogP contribution < -0.4 is 5.73 Å². The molecule has 2 atom stereocenters. The van der Waals surface area contributed by atoms with Crippen LogP contribution >= 0.6 is 34.4 Å². The van der Waals surface area contributed by atoms with E-state index in [1.807, 2.05) is 11.8 Å². The second-order valence-electron chi connectivity index (χ2n) is 3.60. The first-order chi connectivity index (χ1) is 7.81. The maximum Gasteiger partial charge on any atom is 0.0605 e. The first kappa shape index (κ1) is 12.2. The summed E-state index contributed by atoms with van der Waals surface area (Å²) in [6, 6.07) is 6.67. The molecule has 0 fully saturated rings. The van der Waals surface area contributed by atoms with Gasteiger partial charge < -0.3 is 5.73 Å². The normalized spacial score (nSPS) is 14.9. The molecule has 0 aliphatic carbocycles. The van der Waals surface area contributed by atoms with Crippen LogP contribution in [0.5, 0.6) is 0 Å². The predicted molar refractivity (Wildman–Crippen MR) is 75.5 cm³/mol. The lowest BCUT2D eigenvalue weighted by atomic mass is 10.1. The van der Waals surface area contributed by atoms with E-state index in [1.165, 1.54) is 9.77 Å². The molecule has 16 heavy (non-hydrogen) atoms. The van der Waals surface area contributed by atoms with E-state index < -0.39 is 0 Å². The Kier molecular flexibility index (Phi) is 4.46. The van der Waals surface area contributed by atoms with Gasteiger partial charge >= 0.3 is 0 Å². The van der Waals surface area contributed by atoms with Crippen LogP contribution in [0, 0.1) is 0 Å². The van der Waals surface area contributed by atoms with Crippen LogP contribution in [0.4, 0.5) is 0 Å². The summed E-state index contributed by atoms with van der Waals surface area (Å²) in [6.07, 6.45) is 1.01. The monoisotopic (exact) mass is 269 g/mol. The van der Waals surface area contributed by atoms with Crippen LogP contribution in [0.3, 0.4) is 0 Å². The number of hydrogen-bond donors (Lipinski definition) is 1. The zero-order chi connectivity index (χ0) is 11.4. The maximum absolute atomic E-state index is 6.21. The smallest absolute Gasteiger partial charge is 0.0605 e. The van der Waals surface area contributed by atoms with Crippen LogP contribution in [-0.2, 0) is 0 Å². The number of rotatable bonds is 5. The first-order valence-corrected chi connectivity index (χ1v) is 7.99.